The van der Waals surface area contributed by atoms with Gasteiger partial charge in [0.15, 0.2) is 23.3 Å². The van der Waals surface area contributed by atoms with Crippen LogP contribution >= 0.6 is 0 Å². The highest BCUT2D eigenvalue weighted by molar-refractivity contribution is 5.83. The van der Waals surface area contributed by atoms with Crippen LogP contribution in [0.1, 0.15) is 29.9 Å². The number of hydrogen-bond acceptors (Lipinski definition) is 1. The third-order valence-electron chi connectivity index (χ3n) is 3.75. The van der Waals surface area contributed by atoms with E-state index in [1.54, 1.807) is 0 Å². The zero-order valence-electron chi connectivity index (χ0n) is 8.70. The molecule has 5 heteroatoms. The molecule has 0 heterocycles. The summed E-state index contributed by atoms with van der Waals surface area (Å²) in [7, 11) is 0. The summed E-state index contributed by atoms with van der Waals surface area (Å²) in [4.78, 5) is 11.2. The van der Waals surface area contributed by atoms with Gasteiger partial charge in [0, 0.05) is 18.4 Å². The van der Waals surface area contributed by atoms with Crippen LogP contribution in [0.4, 0.5) is 17.6 Å². The van der Waals surface area contributed by atoms with Crippen LogP contribution in [0.3, 0.4) is 0 Å². The van der Waals surface area contributed by atoms with Gasteiger partial charge in [-0.1, -0.05) is 0 Å². The molecule has 1 saturated carbocycles. The Balaban J connectivity index is 2.23. The summed E-state index contributed by atoms with van der Waals surface area (Å²) in [6.45, 7) is 0. The molecule has 0 aromatic heterocycles. The number of rotatable bonds is 0. The molecule has 0 N–H and O–H groups in total. The van der Waals surface area contributed by atoms with Crippen LogP contribution in [-0.4, -0.2) is 5.78 Å². The molecule has 0 spiro atoms. The summed E-state index contributed by atoms with van der Waals surface area (Å²) in [5.74, 6) is -6.89. The Kier molecular flexibility index (Phi) is 2.09. The maximum absolute atomic E-state index is 13.6. The SMILES string of the molecule is O=C1CC2Cc3c(F)c(F)c(F)c(F)c3C2C1. The van der Waals surface area contributed by atoms with E-state index in [2.05, 4.69) is 0 Å². The van der Waals surface area contributed by atoms with Gasteiger partial charge < -0.3 is 0 Å². The lowest BCUT2D eigenvalue weighted by molar-refractivity contribution is -0.117. The summed E-state index contributed by atoms with van der Waals surface area (Å²) in [6.07, 6.45) is 0.451. The van der Waals surface area contributed by atoms with Crippen molar-refractivity contribution in [1.29, 1.82) is 0 Å². The average Bonchev–Trinajstić information content (AvgIpc) is 2.79. The quantitative estimate of drug-likeness (QED) is 0.389. The maximum Gasteiger partial charge on any atom is 0.197 e. The summed E-state index contributed by atoms with van der Waals surface area (Å²) in [5, 5.41) is 0. The van der Waals surface area contributed by atoms with E-state index in [9.17, 15) is 22.4 Å². The van der Waals surface area contributed by atoms with Gasteiger partial charge >= 0.3 is 0 Å². The van der Waals surface area contributed by atoms with E-state index in [1.165, 1.54) is 0 Å². The minimum absolute atomic E-state index is 0.0322. The standard InChI is InChI=1S/C12H8F4O/c13-9-7-2-4-1-5(17)3-6(4)8(7)10(14)12(16)11(9)15/h4,6H,1-3H2. The molecule has 2 aliphatic rings. The van der Waals surface area contributed by atoms with Crippen molar-refractivity contribution in [2.24, 2.45) is 5.92 Å². The Morgan fingerprint density at radius 1 is 0.824 bits per heavy atom. The van der Waals surface area contributed by atoms with Crippen molar-refractivity contribution >= 4 is 5.78 Å². The van der Waals surface area contributed by atoms with E-state index >= 15 is 0 Å². The molecule has 1 nitrogen and oxygen atoms in total. The maximum atomic E-state index is 13.6. The molecule has 3 rings (SSSR count). The molecule has 0 bridgehead atoms. The highest BCUT2D eigenvalue weighted by Gasteiger charge is 2.45. The van der Waals surface area contributed by atoms with Gasteiger partial charge in [-0.25, -0.2) is 17.6 Å². The van der Waals surface area contributed by atoms with Gasteiger partial charge in [0.2, 0.25) is 0 Å². The number of carbonyl (C=O) groups excluding carboxylic acids is 1. The van der Waals surface area contributed by atoms with E-state index < -0.39 is 29.2 Å². The van der Waals surface area contributed by atoms with E-state index in [1.807, 2.05) is 0 Å². The van der Waals surface area contributed by atoms with E-state index in [0.717, 1.165) is 0 Å². The monoisotopic (exact) mass is 244 g/mol. The molecule has 0 amide bonds. The summed E-state index contributed by atoms with van der Waals surface area (Å²) < 4.78 is 53.3. The second kappa shape index (κ2) is 3.31. The molecule has 2 atom stereocenters. The van der Waals surface area contributed by atoms with Crippen molar-refractivity contribution in [3.8, 4) is 0 Å². The molecule has 1 aromatic carbocycles. The zero-order valence-corrected chi connectivity index (χ0v) is 8.70. The fraction of sp³-hybridized carbons (Fsp3) is 0.417. The van der Waals surface area contributed by atoms with Crippen LogP contribution in [0.15, 0.2) is 0 Å². The first kappa shape index (κ1) is 10.7. The van der Waals surface area contributed by atoms with Gasteiger partial charge in [0.1, 0.15) is 5.78 Å². The van der Waals surface area contributed by atoms with Crippen LogP contribution in [-0.2, 0) is 11.2 Å². The summed E-state index contributed by atoms with van der Waals surface area (Å²) >= 11 is 0. The number of benzene rings is 1. The van der Waals surface area contributed by atoms with Gasteiger partial charge in [-0.3, -0.25) is 4.79 Å². The Hall–Kier alpha value is -1.39. The second-order valence-electron chi connectivity index (χ2n) is 4.67. The van der Waals surface area contributed by atoms with Crippen LogP contribution < -0.4 is 0 Å². The Labute approximate surface area is 94.4 Å². The number of hydrogen-bond donors (Lipinski definition) is 0. The largest absolute Gasteiger partial charge is 0.300 e. The summed E-state index contributed by atoms with van der Waals surface area (Å²) in [5.41, 5.74) is -0.221. The van der Waals surface area contributed by atoms with E-state index in [4.69, 9.17) is 0 Å². The Morgan fingerprint density at radius 2 is 1.47 bits per heavy atom. The van der Waals surface area contributed by atoms with Crippen LogP contribution in [0.5, 0.6) is 0 Å². The van der Waals surface area contributed by atoms with Gasteiger partial charge in [-0.15, -0.1) is 0 Å². The molecule has 90 valence electrons. The lowest BCUT2D eigenvalue weighted by Gasteiger charge is -2.10. The molecular formula is C12H8F4O. The lowest BCUT2D eigenvalue weighted by Crippen LogP contribution is -2.06. The fourth-order valence-electron chi connectivity index (χ4n) is 3.02. The van der Waals surface area contributed by atoms with Crippen LogP contribution in [0.25, 0.3) is 0 Å². The number of carbonyl (C=O) groups is 1. The molecule has 0 saturated heterocycles. The lowest BCUT2D eigenvalue weighted by atomic mass is 9.96. The molecule has 2 aliphatic carbocycles. The first-order valence-corrected chi connectivity index (χ1v) is 5.37. The third-order valence-corrected chi connectivity index (χ3v) is 3.75. The van der Waals surface area contributed by atoms with Crippen molar-refractivity contribution in [2.45, 2.75) is 25.2 Å². The van der Waals surface area contributed by atoms with Gasteiger partial charge in [0.25, 0.3) is 0 Å². The molecule has 2 unspecified atom stereocenters. The topological polar surface area (TPSA) is 17.1 Å². The third kappa shape index (κ3) is 1.28. The van der Waals surface area contributed by atoms with Crippen LogP contribution in [0.2, 0.25) is 0 Å². The first-order chi connectivity index (χ1) is 8.00. The molecule has 1 fully saturated rings. The van der Waals surface area contributed by atoms with Crippen LogP contribution in [0, 0.1) is 29.2 Å². The van der Waals surface area contributed by atoms with E-state index in [-0.39, 0.29) is 42.1 Å². The number of halogens is 4. The average molecular weight is 244 g/mol. The predicted octanol–water partition coefficient (Wildman–Crippen LogP) is 2.86. The highest BCUT2D eigenvalue weighted by atomic mass is 19.2. The second-order valence-corrected chi connectivity index (χ2v) is 4.67. The van der Waals surface area contributed by atoms with Crippen molar-refractivity contribution in [1.82, 2.24) is 0 Å². The molecular weight excluding hydrogens is 236 g/mol. The molecule has 0 aliphatic heterocycles. The first-order valence-electron chi connectivity index (χ1n) is 5.37. The minimum atomic E-state index is -1.78. The Morgan fingerprint density at radius 3 is 2.18 bits per heavy atom. The fourth-order valence-corrected chi connectivity index (χ4v) is 3.02. The minimum Gasteiger partial charge on any atom is -0.300 e. The highest BCUT2D eigenvalue weighted by Crippen LogP contribution is 2.49. The van der Waals surface area contributed by atoms with Crippen molar-refractivity contribution < 1.29 is 22.4 Å². The Bertz CT molecular complexity index is 538. The summed E-state index contributed by atoms with van der Waals surface area (Å²) in [6, 6.07) is 0. The zero-order chi connectivity index (χ0) is 12.3. The molecule has 0 radical (unpaired) electrons. The van der Waals surface area contributed by atoms with Crippen molar-refractivity contribution in [3.63, 3.8) is 0 Å². The van der Waals surface area contributed by atoms with Gasteiger partial charge in [-0.2, -0.15) is 0 Å². The molecule has 17 heavy (non-hydrogen) atoms. The number of Topliss-reactive ketones (excluding diaryl/α,β-unsaturated/α-hetero) is 1. The van der Waals surface area contributed by atoms with Gasteiger partial charge in [-0.05, 0) is 23.8 Å². The smallest absolute Gasteiger partial charge is 0.197 e. The normalized spacial score (nSPS) is 26.2. The van der Waals surface area contributed by atoms with Crippen molar-refractivity contribution in [3.05, 3.63) is 34.4 Å². The van der Waals surface area contributed by atoms with Gasteiger partial charge in [0.05, 0.1) is 0 Å². The van der Waals surface area contributed by atoms with E-state index in [0.29, 0.717) is 0 Å². The number of fused-ring (bicyclic) bond motifs is 3. The number of ketones is 1. The predicted molar refractivity (Wildman–Crippen MR) is 50.5 cm³/mol. The molecule has 1 aromatic rings. The van der Waals surface area contributed by atoms with Crippen molar-refractivity contribution in [2.75, 3.05) is 0 Å².